The van der Waals surface area contributed by atoms with Crippen LogP contribution in [0, 0.1) is 0 Å². The zero-order valence-electron chi connectivity index (χ0n) is 20.3. The summed E-state index contributed by atoms with van der Waals surface area (Å²) in [6, 6.07) is 27.2. The maximum Gasteiger partial charge on any atom is 0.217 e. The molecule has 7 heteroatoms. The number of hydrogen-bond acceptors (Lipinski definition) is 3. The van der Waals surface area contributed by atoms with E-state index < -0.39 is 7.29 Å². The summed E-state index contributed by atoms with van der Waals surface area (Å²) in [5.74, 6) is 3.07. The summed E-state index contributed by atoms with van der Waals surface area (Å²) < 4.78 is 14.2. The van der Waals surface area contributed by atoms with E-state index in [0.29, 0.717) is 15.2 Å². The molecule has 0 radical (unpaired) electrons. The predicted octanol–water partition coefficient (Wildman–Crippen LogP) is 10.3. The first kappa shape index (κ1) is 26.4. The lowest BCUT2D eigenvalue weighted by Gasteiger charge is -2.18. The van der Waals surface area contributed by atoms with Crippen molar-refractivity contribution in [2.24, 2.45) is 0 Å². The molecule has 0 bridgehead atoms. The molecule has 4 aromatic rings. The number of thiazole rings is 1. The highest BCUT2D eigenvalue weighted by Gasteiger charge is 2.22. The Kier molecular flexibility index (Phi) is 8.22. The molecule has 0 saturated heterocycles. The van der Waals surface area contributed by atoms with E-state index in [2.05, 4.69) is 50.1 Å². The first-order valence-electron chi connectivity index (χ1n) is 11.4. The van der Waals surface area contributed by atoms with Gasteiger partial charge in [0.2, 0.25) is 7.29 Å². The minimum absolute atomic E-state index is 0.0780. The van der Waals surface area contributed by atoms with Gasteiger partial charge in [-0.15, -0.1) is 11.3 Å². The second-order valence-corrected chi connectivity index (χ2v) is 13.2. The predicted molar refractivity (Wildman–Crippen MR) is 158 cm³/mol. The molecule has 0 saturated carbocycles. The van der Waals surface area contributed by atoms with Crippen molar-refractivity contribution >= 4 is 57.0 Å². The van der Waals surface area contributed by atoms with Crippen LogP contribution in [0.25, 0.3) is 21.3 Å². The van der Waals surface area contributed by atoms with E-state index >= 15 is 0 Å². The van der Waals surface area contributed by atoms with Crippen LogP contribution in [0.1, 0.15) is 37.5 Å². The Morgan fingerprint density at radius 1 is 0.833 bits per heavy atom. The Hall–Kier alpha value is -2.62. The standard InChI is InChI=1S/C29H27Cl2N2OPS/c1-29(2,3)24-16-14-23(15-17-24)27-20-36-28(32-27)33-35(34,18-25(30)21-10-6-4-7-11-21)19-26(31)22-12-8-5-9-13-22/h4-20H,1-3H3,(H,32,33,34). The van der Waals surface area contributed by atoms with E-state index in [1.165, 1.54) is 28.5 Å². The molecular weight excluding hydrogens is 526 g/mol. The van der Waals surface area contributed by atoms with Gasteiger partial charge >= 0.3 is 0 Å². The van der Waals surface area contributed by atoms with Gasteiger partial charge in [-0.1, -0.05) is 129 Å². The highest BCUT2D eigenvalue weighted by Crippen LogP contribution is 2.54. The molecular formula is C29H27Cl2N2OPS. The van der Waals surface area contributed by atoms with Crippen molar-refractivity contribution in [1.82, 2.24) is 4.98 Å². The van der Waals surface area contributed by atoms with Gasteiger partial charge in [0.15, 0.2) is 5.13 Å². The second-order valence-electron chi connectivity index (χ2n) is 9.37. The molecule has 0 aliphatic carbocycles. The van der Waals surface area contributed by atoms with Crippen LogP contribution < -0.4 is 5.09 Å². The van der Waals surface area contributed by atoms with Crippen LogP contribution in [0.15, 0.2) is 102 Å². The van der Waals surface area contributed by atoms with Crippen LogP contribution in [-0.2, 0) is 9.98 Å². The fraction of sp³-hybridized carbons (Fsp3) is 0.138. The van der Waals surface area contributed by atoms with Crippen LogP contribution in [0.5, 0.6) is 0 Å². The van der Waals surface area contributed by atoms with Crippen LogP contribution in [0.2, 0.25) is 0 Å². The molecule has 0 amide bonds. The van der Waals surface area contributed by atoms with Crippen LogP contribution in [0.3, 0.4) is 0 Å². The maximum absolute atomic E-state index is 14.2. The summed E-state index contributed by atoms with van der Waals surface area (Å²) in [6.45, 7) is 6.56. The molecule has 0 unspecified atom stereocenters. The second kappa shape index (κ2) is 11.2. The quantitative estimate of drug-likeness (QED) is 0.232. The normalized spacial score (nSPS) is 14.4. The van der Waals surface area contributed by atoms with Crippen LogP contribution in [0.4, 0.5) is 5.13 Å². The third-order valence-electron chi connectivity index (χ3n) is 5.53. The average molecular weight is 553 g/mol. The molecule has 184 valence electrons. The van der Waals surface area contributed by atoms with E-state index in [1.807, 2.05) is 66.0 Å². The summed E-state index contributed by atoms with van der Waals surface area (Å²) >= 11 is 14.6. The smallest absolute Gasteiger partial charge is 0.217 e. The number of anilines is 1. The van der Waals surface area contributed by atoms with E-state index in [0.717, 1.165) is 22.4 Å². The first-order valence-corrected chi connectivity index (χ1v) is 14.9. The molecule has 3 nitrogen and oxygen atoms in total. The van der Waals surface area contributed by atoms with Crippen molar-refractivity contribution in [3.8, 4) is 11.3 Å². The molecule has 1 aromatic heterocycles. The van der Waals surface area contributed by atoms with Crippen molar-refractivity contribution in [3.63, 3.8) is 0 Å². The average Bonchev–Trinajstić information content (AvgIpc) is 3.32. The largest absolute Gasteiger partial charge is 0.306 e. The van der Waals surface area contributed by atoms with Gasteiger partial charge in [0, 0.05) is 22.6 Å². The van der Waals surface area contributed by atoms with Gasteiger partial charge in [0.05, 0.1) is 15.8 Å². The van der Waals surface area contributed by atoms with Gasteiger partial charge in [-0.2, -0.15) is 0 Å². The Morgan fingerprint density at radius 3 is 1.81 bits per heavy atom. The Morgan fingerprint density at radius 2 is 1.33 bits per heavy atom. The summed E-state index contributed by atoms with van der Waals surface area (Å²) in [7, 11) is -3.38. The SMILES string of the molecule is CC(C)(C)c1ccc(-c2csc(NP(=O)(C=C(Cl)c3ccccc3)C=C(Cl)c3ccccc3)n2)cc1. The minimum Gasteiger partial charge on any atom is -0.306 e. The zero-order chi connectivity index (χ0) is 25.8. The summed E-state index contributed by atoms with van der Waals surface area (Å²) in [5, 5.41) is 6.34. The van der Waals surface area contributed by atoms with Crippen LogP contribution >= 0.6 is 41.8 Å². The molecule has 1 heterocycles. The minimum atomic E-state index is -3.38. The molecule has 1 N–H and O–H groups in total. The van der Waals surface area contributed by atoms with Gasteiger partial charge in [0.1, 0.15) is 0 Å². The topological polar surface area (TPSA) is 42.0 Å². The molecule has 36 heavy (non-hydrogen) atoms. The van der Waals surface area contributed by atoms with Crippen molar-refractivity contribution in [2.45, 2.75) is 26.2 Å². The summed E-state index contributed by atoms with van der Waals surface area (Å²) in [6.07, 6.45) is 0. The Balaban J connectivity index is 1.67. The first-order chi connectivity index (χ1) is 17.1. The fourth-order valence-corrected chi connectivity index (χ4v) is 7.38. The lowest BCUT2D eigenvalue weighted by molar-refractivity contribution is 0.589. The molecule has 3 aromatic carbocycles. The molecule has 4 rings (SSSR count). The highest BCUT2D eigenvalue weighted by atomic mass is 35.5. The van der Waals surface area contributed by atoms with Crippen molar-refractivity contribution in [3.05, 3.63) is 119 Å². The third-order valence-corrected chi connectivity index (χ3v) is 9.24. The number of aromatic nitrogens is 1. The van der Waals surface area contributed by atoms with E-state index in [9.17, 15) is 4.57 Å². The lowest BCUT2D eigenvalue weighted by atomic mass is 9.86. The maximum atomic E-state index is 14.2. The zero-order valence-corrected chi connectivity index (χ0v) is 23.5. The number of nitrogens with zero attached hydrogens (tertiary/aromatic N) is 1. The van der Waals surface area contributed by atoms with Gasteiger partial charge in [-0.25, -0.2) is 4.98 Å². The molecule has 0 aliphatic rings. The monoisotopic (exact) mass is 552 g/mol. The summed E-state index contributed by atoms with van der Waals surface area (Å²) in [4.78, 5) is 4.71. The van der Waals surface area contributed by atoms with Gasteiger partial charge in [0.25, 0.3) is 0 Å². The van der Waals surface area contributed by atoms with Gasteiger partial charge in [-0.05, 0) is 22.1 Å². The summed E-state index contributed by atoms with van der Waals surface area (Å²) in [5.41, 5.74) is 4.68. The van der Waals surface area contributed by atoms with Crippen molar-refractivity contribution in [1.29, 1.82) is 0 Å². The van der Waals surface area contributed by atoms with Crippen LogP contribution in [-0.4, -0.2) is 4.98 Å². The number of hydrogen-bond donors (Lipinski definition) is 1. The van der Waals surface area contributed by atoms with Gasteiger partial charge < -0.3 is 5.09 Å². The number of nitrogens with one attached hydrogen (secondary N) is 1. The third kappa shape index (κ3) is 6.78. The van der Waals surface area contributed by atoms with Crippen molar-refractivity contribution in [2.75, 3.05) is 5.09 Å². The molecule has 0 fully saturated rings. The van der Waals surface area contributed by atoms with E-state index in [-0.39, 0.29) is 5.41 Å². The van der Waals surface area contributed by atoms with E-state index in [1.54, 1.807) is 0 Å². The highest BCUT2D eigenvalue weighted by molar-refractivity contribution is 7.72. The Bertz CT molecular complexity index is 1360. The lowest BCUT2D eigenvalue weighted by Crippen LogP contribution is -2.10. The fourth-order valence-electron chi connectivity index (χ4n) is 3.53. The Labute approximate surface area is 227 Å². The molecule has 0 atom stereocenters. The number of benzene rings is 3. The van der Waals surface area contributed by atoms with Gasteiger partial charge in [-0.3, -0.25) is 4.57 Å². The van der Waals surface area contributed by atoms with Crippen molar-refractivity contribution < 1.29 is 4.57 Å². The van der Waals surface area contributed by atoms with E-state index in [4.69, 9.17) is 28.2 Å². The molecule has 0 spiro atoms. The number of halogens is 2. The number of rotatable bonds is 7. The molecule has 0 aliphatic heterocycles.